The average molecular weight is 288 g/mol. The zero-order valence-electron chi connectivity index (χ0n) is 13.4. The van der Waals surface area contributed by atoms with Crippen LogP contribution in [0.4, 0.5) is 4.79 Å². The molecule has 0 saturated heterocycles. The van der Waals surface area contributed by atoms with Crippen molar-refractivity contribution < 1.29 is 9.53 Å². The predicted molar refractivity (Wildman–Crippen MR) is 84.2 cm³/mol. The molecule has 0 bridgehead atoms. The SMILES string of the molecule is CC(C)(C)OC(=O)NCc1ccc[c]c1C1CCCCC1. The normalized spacial score (nSPS) is 16.5. The van der Waals surface area contributed by atoms with Gasteiger partial charge in [0, 0.05) is 6.54 Å². The lowest BCUT2D eigenvalue weighted by Crippen LogP contribution is -2.32. The molecular weight excluding hydrogens is 262 g/mol. The molecule has 0 heterocycles. The van der Waals surface area contributed by atoms with Gasteiger partial charge in [-0.15, -0.1) is 0 Å². The van der Waals surface area contributed by atoms with E-state index in [0.717, 1.165) is 5.56 Å². The fourth-order valence-corrected chi connectivity index (χ4v) is 2.89. The summed E-state index contributed by atoms with van der Waals surface area (Å²) in [6, 6.07) is 9.43. The van der Waals surface area contributed by atoms with Crippen molar-refractivity contribution in [3.63, 3.8) is 0 Å². The molecule has 1 aromatic carbocycles. The third-order valence-corrected chi connectivity index (χ3v) is 3.81. The summed E-state index contributed by atoms with van der Waals surface area (Å²) in [7, 11) is 0. The van der Waals surface area contributed by atoms with Crippen LogP contribution < -0.4 is 5.32 Å². The zero-order valence-corrected chi connectivity index (χ0v) is 13.4. The smallest absolute Gasteiger partial charge is 0.407 e. The van der Waals surface area contributed by atoms with E-state index in [4.69, 9.17) is 4.74 Å². The van der Waals surface area contributed by atoms with Crippen molar-refractivity contribution in [1.82, 2.24) is 5.32 Å². The number of amides is 1. The largest absolute Gasteiger partial charge is 0.444 e. The fourth-order valence-electron chi connectivity index (χ4n) is 2.89. The highest BCUT2D eigenvalue weighted by Gasteiger charge is 2.19. The first-order valence-corrected chi connectivity index (χ1v) is 7.92. The highest BCUT2D eigenvalue weighted by atomic mass is 16.6. The van der Waals surface area contributed by atoms with E-state index in [1.165, 1.54) is 37.7 Å². The van der Waals surface area contributed by atoms with Gasteiger partial charge in [-0.3, -0.25) is 0 Å². The number of nitrogens with one attached hydrogen (secondary N) is 1. The number of carbonyl (C=O) groups is 1. The van der Waals surface area contributed by atoms with Crippen molar-refractivity contribution in [3.8, 4) is 0 Å². The van der Waals surface area contributed by atoms with E-state index in [1.807, 2.05) is 32.9 Å². The van der Waals surface area contributed by atoms with Crippen molar-refractivity contribution in [3.05, 3.63) is 35.4 Å². The molecule has 0 aromatic heterocycles. The molecule has 21 heavy (non-hydrogen) atoms. The van der Waals surface area contributed by atoms with E-state index in [1.54, 1.807) is 0 Å². The topological polar surface area (TPSA) is 38.3 Å². The lowest BCUT2D eigenvalue weighted by Gasteiger charge is -2.24. The molecule has 115 valence electrons. The maximum Gasteiger partial charge on any atom is 0.407 e. The number of ether oxygens (including phenoxy) is 1. The first-order chi connectivity index (χ1) is 9.96. The van der Waals surface area contributed by atoms with Crippen molar-refractivity contribution in [2.75, 3.05) is 0 Å². The molecular formula is C18H26NO2. The van der Waals surface area contributed by atoms with Gasteiger partial charge in [0.25, 0.3) is 0 Å². The van der Waals surface area contributed by atoms with Gasteiger partial charge in [-0.05, 0) is 56.7 Å². The third kappa shape index (κ3) is 5.07. The number of alkyl carbamates (subject to hydrolysis) is 1. The van der Waals surface area contributed by atoms with Crippen LogP contribution in [0.15, 0.2) is 18.2 Å². The van der Waals surface area contributed by atoms with Gasteiger partial charge in [0.1, 0.15) is 5.60 Å². The van der Waals surface area contributed by atoms with E-state index in [9.17, 15) is 4.79 Å². The second kappa shape index (κ2) is 6.97. The Kier molecular flexibility index (Phi) is 5.27. The maximum absolute atomic E-state index is 11.8. The van der Waals surface area contributed by atoms with Crippen LogP contribution in [-0.2, 0) is 11.3 Å². The number of hydrogen-bond acceptors (Lipinski definition) is 2. The number of hydrogen-bond donors (Lipinski definition) is 1. The van der Waals surface area contributed by atoms with Gasteiger partial charge in [-0.1, -0.05) is 37.5 Å². The Morgan fingerprint density at radius 2 is 2.05 bits per heavy atom. The van der Waals surface area contributed by atoms with Crippen LogP contribution in [-0.4, -0.2) is 11.7 Å². The van der Waals surface area contributed by atoms with Gasteiger partial charge >= 0.3 is 6.09 Å². The number of rotatable bonds is 3. The van der Waals surface area contributed by atoms with E-state index in [0.29, 0.717) is 12.5 Å². The summed E-state index contributed by atoms with van der Waals surface area (Å²) in [5, 5.41) is 2.85. The van der Waals surface area contributed by atoms with E-state index in [-0.39, 0.29) is 6.09 Å². The Bertz CT molecular complexity index is 470. The Hall–Kier alpha value is -1.51. The standard InChI is InChI=1S/C18H26NO2/c1-18(2,3)21-17(20)19-13-15-11-7-8-12-16(15)14-9-5-4-6-10-14/h7-8,11,14H,4-6,9-10,13H2,1-3H3,(H,19,20). The van der Waals surface area contributed by atoms with E-state index >= 15 is 0 Å². The molecule has 1 aliphatic rings. The summed E-state index contributed by atoms with van der Waals surface area (Å²) >= 11 is 0. The Balaban J connectivity index is 1.98. The molecule has 0 unspecified atom stereocenters. The minimum atomic E-state index is -0.459. The molecule has 3 nitrogen and oxygen atoms in total. The molecule has 1 amide bonds. The maximum atomic E-state index is 11.8. The molecule has 0 aliphatic heterocycles. The molecule has 2 rings (SSSR count). The second-order valence-corrected chi connectivity index (χ2v) is 6.80. The molecule has 1 aromatic rings. The third-order valence-electron chi connectivity index (χ3n) is 3.81. The van der Waals surface area contributed by atoms with Gasteiger partial charge < -0.3 is 10.1 Å². The molecule has 1 N–H and O–H groups in total. The quantitative estimate of drug-likeness (QED) is 0.885. The molecule has 1 aliphatic carbocycles. The molecule has 3 heteroatoms. The van der Waals surface area contributed by atoms with E-state index < -0.39 is 5.60 Å². The molecule has 1 radical (unpaired) electrons. The fraction of sp³-hybridized carbons (Fsp3) is 0.611. The van der Waals surface area contributed by atoms with Crippen LogP contribution in [0.3, 0.4) is 0 Å². The van der Waals surface area contributed by atoms with Crippen LogP contribution in [0.1, 0.15) is 69.9 Å². The molecule has 1 saturated carbocycles. The van der Waals surface area contributed by atoms with Gasteiger partial charge in [-0.25, -0.2) is 4.79 Å². The van der Waals surface area contributed by atoms with Crippen molar-refractivity contribution in [1.29, 1.82) is 0 Å². The van der Waals surface area contributed by atoms with Gasteiger partial charge in [0.05, 0.1) is 0 Å². The van der Waals surface area contributed by atoms with Crippen LogP contribution in [0.5, 0.6) is 0 Å². The highest BCUT2D eigenvalue weighted by Crippen LogP contribution is 2.34. The van der Waals surface area contributed by atoms with E-state index in [2.05, 4.69) is 17.4 Å². The monoisotopic (exact) mass is 288 g/mol. The van der Waals surface area contributed by atoms with Gasteiger partial charge in [0.15, 0.2) is 0 Å². The Labute approximate surface area is 128 Å². The lowest BCUT2D eigenvalue weighted by atomic mass is 9.82. The van der Waals surface area contributed by atoms with Crippen molar-refractivity contribution in [2.45, 2.75) is 70.9 Å². The average Bonchev–Trinajstić information content (AvgIpc) is 2.45. The Morgan fingerprint density at radius 3 is 2.71 bits per heavy atom. The second-order valence-electron chi connectivity index (χ2n) is 6.80. The number of benzene rings is 1. The first-order valence-electron chi connectivity index (χ1n) is 7.92. The summed E-state index contributed by atoms with van der Waals surface area (Å²) < 4.78 is 5.28. The highest BCUT2D eigenvalue weighted by molar-refractivity contribution is 5.67. The lowest BCUT2D eigenvalue weighted by molar-refractivity contribution is 0.0523. The number of carbonyl (C=O) groups excluding carboxylic acids is 1. The summed E-state index contributed by atoms with van der Waals surface area (Å²) in [6.45, 7) is 6.13. The predicted octanol–water partition coefficient (Wildman–Crippen LogP) is 4.56. The van der Waals surface area contributed by atoms with Crippen LogP contribution in [0.2, 0.25) is 0 Å². The Morgan fingerprint density at radius 1 is 1.33 bits per heavy atom. The minimum absolute atomic E-state index is 0.360. The minimum Gasteiger partial charge on any atom is -0.444 e. The zero-order chi connectivity index (χ0) is 15.3. The summed E-state index contributed by atoms with van der Waals surface area (Å²) in [4.78, 5) is 11.8. The van der Waals surface area contributed by atoms with Gasteiger partial charge in [-0.2, -0.15) is 0 Å². The molecule has 0 atom stereocenters. The summed E-state index contributed by atoms with van der Waals surface area (Å²) in [6.07, 6.45) is 6.05. The first kappa shape index (κ1) is 15.9. The molecule has 0 spiro atoms. The molecule has 1 fully saturated rings. The summed E-state index contributed by atoms with van der Waals surface area (Å²) in [5.74, 6) is 0.593. The summed E-state index contributed by atoms with van der Waals surface area (Å²) in [5.41, 5.74) is 1.97. The van der Waals surface area contributed by atoms with Crippen LogP contribution in [0, 0.1) is 6.07 Å². The van der Waals surface area contributed by atoms with Crippen molar-refractivity contribution in [2.24, 2.45) is 0 Å². The van der Waals surface area contributed by atoms with Crippen LogP contribution >= 0.6 is 0 Å². The van der Waals surface area contributed by atoms with Crippen LogP contribution in [0.25, 0.3) is 0 Å². The van der Waals surface area contributed by atoms with Crippen molar-refractivity contribution >= 4 is 6.09 Å². The van der Waals surface area contributed by atoms with Gasteiger partial charge in [0.2, 0.25) is 0 Å².